The van der Waals surface area contributed by atoms with Crippen LogP contribution in [0.1, 0.15) is 36.0 Å². The summed E-state index contributed by atoms with van der Waals surface area (Å²) in [7, 11) is 0. The topological polar surface area (TPSA) is 78.4 Å². The van der Waals surface area contributed by atoms with Gasteiger partial charge >= 0.3 is 5.97 Å². The van der Waals surface area contributed by atoms with Gasteiger partial charge in [0.25, 0.3) is 0 Å². The minimum Gasteiger partial charge on any atom is -0.478 e. The van der Waals surface area contributed by atoms with Crippen molar-refractivity contribution in [3.63, 3.8) is 0 Å². The minimum atomic E-state index is -1.39. The van der Waals surface area contributed by atoms with Crippen molar-refractivity contribution < 1.29 is 19.1 Å². The van der Waals surface area contributed by atoms with Gasteiger partial charge in [-0.25, -0.2) is 9.18 Å². The van der Waals surface area contributed by atoms with Crippen molar-refractivity contribution in [3.8, 4) is 0 Å². The van der Waals surface area contributed by atoms with Crippen LogP contribution in [0.4, 0.5) is 10.1 Å². The summed E-state index contributed by atoms with van der Waals surface area (Å²) in [6.07, 6.45) is 3.26. The molecule has 0 saturated carbocycles. The Morgan fingerprint density at radius 3 is 2.90 bits per heavy atom. The number of nitrogens with one attached hydrogen (secondary N) is 2. The Labute approximate surface area is 122 Å². The third kappa shape index (κ3) is 4.26. The Hall–Kier alpha value is -1.95. The normalized spacial score (nSPS) is 18.2. The predicted molar refractivity (Wildman–Crippen MR) is 76.8 cm³/mol. The summed E-state index contributed by atoms with van der Waals surface area (Å²) in [5.41, 5.74) is -0.487. The van der Waals surface area contributed by atoms with E-state index in [0.717, 1.165) is 38.4 Å². The van der Waals surface area contributed by atoms with Crippen molar-refractivity contribution in [2.24, 2.45) is 5.92 Å². The number of carbonyl (C=O) groups is 2. The highest BCUT2D eigenvalue weighted by atomic mass is 19.1. The molecule has 1 atom stereocenters. The molecule has 0 aromatic heterocycles. The Kier molecular flexibility index (Phi) is 5.27. The van der Waals surface area contributed by atoms with Crippen LogP contribution in [0.25, 0.3) is 0 Å². The number of hydrogen-bond donors (Lipinski definition) is 3. The van der Waals surface area contributed by atoms with Crippen LogP contribution in [0.2, 0.25) is 0 Å². The molecule has 1 fully saturated rings. The number of piperidine rings is 1. The van der Waals surface area contributed by atoms with Gasteiger partial charge in [0.2, 0.25) is 5.91 Å². The molecule has 0 radical (unpaired) electrons. The minimum absolute atomic E-state index is 0.00858. The number of carbonyl (C=O) groups excluding carboxylic acids is 1. The first kappa shape index (κ1) is 15.4. The number of halogens is 1. The largest absolute Gasteiger partial charge is 0.478 e. The van der Waals surface area contributed by atoms with E-state index in [-0.39, 0.29) is 11.6 Å². The van der Waals surface area contributed by atoms with Gasteiger partial charge in [0.05, 0.1) is 5.69 Å². The van der Waals surface area contributed by atoms with Crippen molar-refractivity contribution in [2.45, 2.75) is 25.7 Å². The highest BCUT2D eigenvalue weighted by molar-refractivity contribution is 6.00. The van der Waals surface area contributed by atoms with Gasteiger partial charge in [0.15, 0.2) is 0 Å². The molecular weight excluding hydrogens is 275 g/mol. The van der Waals surface area contributed by atoms with Gasteiger partial charge in [-0.15, -0.1) is 0 Å². The van der Waals surface area contributed by atoms with E-state index in [0.29, 0.717) is 12.3 Å². The number of rotatable bonds is 5. The van der Waals surface area contributed by atoms with Crippen LogP contribution in [-0.4, -0.2) is 30.1 Å². The second-order valence-corrected chi connectivity index (χ2v) is 5.27. The van der Waals surface area contributed by atoms with Gasteiger partial charge in [-0.1, -0.05) is 6.07 Å². The summed E-state index contributed by atoms with van der Waals surface area (Å²) in [4.78, 5) is 22.9. The molecule has 0 spiro atoms. The van der Waals surface area contributed by atoms with Crippen molar-refractivity contribution in [1.82, 2.24) is 5.32 Å². The van der Waals surface area contributed by atoms with E-state index in [1.807, 2.05) is 0 Å². The average molecular weight is 294 g/mol. The fourth-order valence-corrected chi connectivity index (χ4v) is 2.56. The summed E-state index contributed by atoms with van der Waals surface area (Å²) in [6, 6.07) is 3.84. The zero-order chi connectivity index (χ0) is 15.2. The molecule has 21 heavy (non-hydrogen) atoms. The summed E-state index contributed by atoms with van der Waals surface area (Å²) in [5.74, 6) is -2.05. The Morgan fingerprint density at radius 1 is 1.43 bits per heavy atom. The van der Waals surface area contributed by atoms with Crippen LogP contribution in [-0.2, 0) is 4.79 Å². The first-order chi connectivity index (χ1) is 10.1. The number of carboxylic acid groups (broad SMARTS) is 1. The molecule has 1 amide bonds. The lowest BCUT2D eigenvalue weighted by atomic mass is 9.94. The van der Waals surface area contributed by atoms with Gasteiger partial charge in [0.1, 0.15) is 11.4 Å². The van der Waals surface area contributed by atoms with Gasteiger partial charge in [-0.2, -0.15) is 0 Å². The van der Waals surface area contributed by atoms with Crippen LogP contribution in [0.15, 0.2) is 18.2 Å². The maximum absolute atomic E-state index is 13.5. The maximum atomic E-state index is 13.5. The Morgan fingerprint density at radius 2 is 2.24 bits per heavy atom. The first-order valence-electron chi connectivity index (χ1n) is 7.10. The molecular formula is C15H19FN2O3. The van der Waals surface area contributed by atoms with E-state index in [9.17, 15) is 14.0 Å². The number of anilines is 1. The van der Waals surface area contributed by atoms with Crippen molar-refractivity contribution in [3.05, 3.63) is 29.6 Å². The van der Waals surface area contributed by atoms with Gasteiger partial charge in [-0.05, 0) is 50.4 Å². The molecule has 1 aromatic rings. The molecule has 1 heterocycles. The maximum Gasteiger partial charge on any atom is 0.340 e. The van der Waals surface area contributed by atoms with Crippen LogP contribution in [0, 0.1) is 11.7 Å². The lowest BCUT2D eigenvalue weighted by Gasteiger charge is -2.22. The number of hydrogen-bond acceptors (Lipinski definition) is 3. The van der Waals surface area contributed by atoms with E-state index in [2.05, 4.69) is 10.6 Å². The fourth-order valence-electron chi connectivity index (χ4n) is 2.56. The summed E-state index contributed by atoms with van der Waals surface area (Å²) in [6.45, 7) is 1.93. The van der Waals surface area contributed by atoms with Crippen LogP contribution < -0.4 is 10.6 Å². The van der Waals surface area contributed by atoms with Crippen LogP contribution in [0.3, 0.4) is 0 Å². The van der Waals surface area contributed by atoms with E-state index in [4.69, 9.17) is 5.11 Å². The molecule has 2 rings (SSSR count). The molecule has 0 aliphatic carbocycles. The molecule has 1 aliphatic heterocycles. The zero-order valence-electron chi connectivity index (χ0n) is 11.7. The number of benzene rings is 1. The van der Waals surface area contributed by atoms with Crippen molar-refractivity contribution >= 4 is 17.6 Å². The van der Waals surface area contributed by atoms with Gasteiger partial charge in [-0.3, -0.25) is 4.79 Å². The SMILES string of the molecule is O=C(CCC1CCCNC1)Nc1cccc(F)c1C(=O)O. The molecule has 1 unspecified atom stereocenters. The van der Waals surface area contributed by atoms with Gasteiger partial charge < -0.3 is 15.7 Å². The molecule has 5 nitrogen and oxygen atoms in total. The standard InChI is InChI=1S/C15H19FN2O3/c16-11-4-1-5-12(14(11)15(20)21)18-13(19)7-6-10-3-2-8-17-9-10/h1,4-5,10,17H,2-3,6-9H2,(H,18,19)(H,20,21). The highest BCUT2D eigenvalue weighted by Crippen LogP contribution is 2.20. The number of amides is 1. The smallest absolute Gasteiger partial charge is 0.340 e. The third-order valence-electron chi connectivity index (χ3n) is 3.68. The Bertz CT molecular complexity index is 528. The van der Waals surface area contributed by atoms with Gasteiger partial charge in [0, 0.05) is 6.42 Å². The monoisotopic (exact) mass is 294 g/mol. The number of aromatic carboxylic acids is 1. The summed E-state index contributed by atoms with van der Waals surface area (Å²) in [5, 5.41) is 14.8. The van der Waals surface area contributed by atoms with Crippen molar-refractivity contribution in [1.29, 1.82) is 0 Å². The second-order valence-electron chi connectivity index (χ2n) is 5.27. The highest BCUT2D eigenvalue weighted by Gasteiger charge is 2.18. The Balaban J connectivity index is 1.93. The van der Waals surface area contributed by atoms with E-state index < -0.39 is 17.3 Å². The second kappa shape index (κ2) is 7.17. The molecule has 1 aromatic carbocycles. The predicted octanol–water partition coefficient (Wildman–Crippen LogP) is 2.24. The fraction of sp³-hybridized carbons (Fsp3) is 0.467. The first-order valence-corrected chi connectivity index (χ1v) is 7.10. The molecule has 0 bridgehead atoms. The van der Waals surface area contributed by atoms with Crippen LogP contribution >= 0.6 is 0 Å². The molecule has 6 heteroatoms. The van der Waals surface area contributed by atoms with Crippen LogP contribution in [0.5, 0.6) is 0 Å². The van der Waals surface area contributed by atoms with Crippen molar-refractivity contribution in [2.75, 3.05) is 18.4 Å². The lowest BCUT2D eigenvalue weighted by molar-refractivity contribution is -0.116. The quantitative estimate of drug-likeness (QED) is 0.778. The van der Waals surface area contributed by atoms with E-state index >= 15 is 0 Å². The third-order valence-corrected chi connectivity index (χ3v) is 3.68. The summed E-state index contributed by atoms with van der Waals surface area (Å²) >= 11 is 0. The zero-order valence-corrected chi connectivity index (χ0v) is 11.7. The average Bonchev–Trinajstić information content (AvgIpc) is 2.46. The summed E-state index contributed by atoms with van der Waals surface area (Å²) < 4.78 is 13.5. The molecule has 3 N–H and O–H groups in total. The lowest BCUT2D eigenvalue weighted by Crippen LogP contribution is -2.30. The number of carboxylic acids is 1. The molecule has 1 saturated heterocycles. The molecule has 1 aliphatic rings. The van der Waals surface area contributed by atoms with E-state index in [1.165, 1.54) is 12.1 Å². The van der Waals surface area contributed by atoms with E-state index in [1.54, 1.807) is 0 Å². The molecule has 114 valence electrons.